The van der Waals surface area contributed by atoms with Crippen LogP contribution >= 0.6 is 11.6 Å². The Hall–Kier alpha value is -3.36. The van der Waals surface area contributed by atoms with Crippen LogP contribution in [-0.2, 0) is 6.54 Å². The fourth-order valence-corrected chi connectivity index (χ4v) is 4.61. The van der Waals surface area contributed by atoms with Gasteiger partial charge in [0.05, 0.1) is 22.1 Å². The number of para-hydroxylation sites is 1. The zero-order chi connectivity index (χ0) is 21.7. The molecule has 8 nitrogen and oxygen atoms in total. The molecule has 2 aromatic carbocycles. The molecule has 5 rings (SSSR count). The Morgan fingerprint density at radius 2 is 1.97 bits per heavy atom. The predicted octanol–water partition coefficient (Wildman–Crippen LogP) is 2.59. The summed E-state index contributed by atoms with van der Waals surface area (Å²) in [6.07, 6.45) is 0.915. The summed E-state index contributed by atoms with van der Waals surface area (Å²) in [6, 6.07) is 11.6. The molecular formula is C22H19ClN4O4. The van der Waals surface area contributed by atoms with Crippen molar-refractivity contribution >= 4 is 39.4 Å². The molecule has 2 aromatic heterocycles. The van der Waals surface area contributed by atoms with Crippen molar-refractivity contribution in [3.05, 3.63) is 74.0 Å². The average Bonchev–Trinajstić information content (AvgIpc) is 3.35. The number of benzene rings is 2. The second-order valence-electron chi connectivity index (χ2n) is 7.75. The number of H-pyrrole nitrogens is 1. The highest BCUT2D eigenvalue weighted by Crippen LogP contribution is 2.32. The van der Waals surface area contributed by atoms with E-state index >= 15 is 0 Å². The number of halogens is 1. The Balaban J connectivity index is 1.89. The average molecular weight is 439 g/mol. The van der Waals surface area contributed by atoms with Gasteiger partial charge in [0.1, 0.15) is 0 Å². The van der Waals surface area contributed by atoms with Crippen LogP contribution in [0.5, 0.6) is 0 Å². The lowest BCUT2D eigenvalue weighted by Crippen LogP contribution is -2.34. The molecule has 1 unspecified atom stereocenters. The maximum absolute atomic E-state index is 13.3. The molecule has 0 aliphatic carbocycles. The molecule has 31 heavy (non-hydrogen) atoms. The summed E-state index contributed by atoms with van der Waals surface area (Å²) >= 11 is 6.22. The number of aromatic amines is 1. The second-order valence-corrected chi connectivity index (χ2v) is 8.19. The van der Waals surface area contributed by atoms with Gasteiger partial charge in [0.2, 0.25) is 0 Å². The van der Waals surface area contributed by atoms with Crippen LogP contribution in [0.4, 0.5) is 0 Å². The predicted molar refractivity (Wildman–Crippen MR) is 119 cm³/mol. The number of hydrogen-bond acceptors (Lipinski definition) is 4. The van der Waals surface area contributed by atoms with E-state index in [0.717, 1.165) is 24.1 Å². The van der Waals surface area contributed by atoms with E-state index in [0.29, 0.717) is 33.4 Å². The van der Waals surface area contributed by atoms with E-state index in [9.17, 15) is 19.5 Å². The number of carboxylic acid groups (broad SMARTS) is 1. The molecule has 158 valence electrons. The number of aromatic nitrogens is 3. The second kappa shape index (κ2) is 7.40. The molecule has 9 heteroatoms. The van der Waals surface area contributed by atoms with E-state index in [1.807, 2.05) is 0 Å². The largest absolute Gasteiger partial charge is 0.477 e. The lowest BCUT2D eigenvalue weighted by molar-refractivity contribution is 0.0684. The van der Waals surface area contributed by atoms with Gasteiger partial charge in [-0.25, -0.2) is 14.2 Å². The van der Waals surface area contributed by atoms with Gasteiger partial charge in [-0.2, -0.15) is 0 Å². The fourth-order valence-electron chi connectivity index (χ4n) is 4.44. The van der Waals surface area contributed by atoms with Gasteiger partial charge in [0.25, 0.3) is 5.56 Å². The van der Waals surface area contributed by atoms with Gasteiger partial charge in [-0.05, 0) is 55.8 Å². The summed E-state index contributed by atoms with van der Waals surface area (Å²) in [5, 5.41) is 14.6. The number of carbonyl (C=O) groups is 1. The number of nitrogens with zero attached hydrogens (tertiary/aromatic N) is 2. The molecule has 1 atom stereocenters. The Kier molecular flexibility index (Phi) is 4.68. The summed E-state index contributed by atoms with van der Waals surface area (Å²) in [6.45, 7) is 2.10. The third-order valence-corrected chi connectivity index (χ3v) is 6.07. The molecule has 1 aliphatic rings. The van der Waals surface area contributed by atoms with Gasteiger partial charge >= 0.3 is 11.7 Å². The highest BCUT2D eigenvalue weighted by molar-refractivity contribution is 6.31. The summed E-state index contributed by atoms with van der Waals surface area (Å²) in [5.74, 6) is -0.975. The molecule has 3 N–H and O–H groups in total. The SMILES string of the molecule is O=C(O)c1c(-n2c(=O)[nH]c3ccccc3c2=O)c2cc(Cl)ccc2n1CC1CCNC1. The smallest absolute Gasteiger partial charge is 0.354 e. The van der Waals surface area contributed by atoms with Crippen LogP contribution in [0.15, 0.2) is 52.1 Å². The monoisotopic (exact) mass is 438 g/mol. The molecule has 1 saturated heterocycles. The molecular weight excluding hydrogens is 420 g/mol. The van der Waals surface area contributed by atoms with Crippen molar-refractivity contribution in [3.8, 4) is 5.69 Å². The number of aromatic carboxylic acids is 1. The summed E-state index contributed by atoms with van der Waals surface area (Å²) in [7, 11) is 0. The van der Waals surface area contributed by atoms with Gasteiger partial charge in [-0.3, -0.25) is 4.79 Å². The lowest BCUT2D eigenvalue weighted by Gasteiger charge is -2.14. The van der Waals surface area contributed by atoms with Gasteiger partial charge in [-0.1, -0.05) is 23.7 Å². The maximum atomic E-state index is 13.3. The van der Waals surface area contributed by atoms with E-state index in [-0.39, 0.29) is 17.3 Å². The van der Waals surface area contributed by atoms with Crippen LogP contribution in [0.1, 0.15) is 16.9 Å². The maximum Gasteiger partial charge on any atom is 0.354 e. The van der Waals surface area contributed by atoms with Crippen molar-refractivity contribution in [2.45, 2.75) is 13.0 Å². The lowest BCUT2D eigenvalue weighted by atomic mass is 10.1. The van der Waals surface area contributed by atoms with Crippen molar-refractivity contribution < 1.29 is 9.90 Å². The standard InChI is InChI=1S/C22H19ClN4O4/c23-13-5-6-17-15(9-13)18(19(21(29)30)26(17)11-12-7-8-24-10-12)27-20(28)14-3-1-2-4-16(14)25-22(27)31/h1-6,9,12,24H,7-8,10-11H2,(H,25,31)(H,29,30). The third kappa shape index (κ3) is 3.15. The first-order chi connectivity index (χ1) is 15.0. The first kappa shape index (κ1) is 19.6. The minimum absolute atomic E-state index is 0.0351. The van der Waals surface area contributed by atoms with Crippen molar-refractivity contribution in [1.82, 2.24) is 19.4 Å². The summed E-state index contributed by atoms with van der Waals surface area (Å²) < 4.78 is 2.59. The molecule has 0 amide bonds. The highest BCUT2D eigenvalue weighted by Gasteiger charge is 2.28. The molecule has 0 saturated carbocycles. The number of nitrogens with one attached hydrogen (secondary N) is 2. The molecule has 1 fully saturated rings. The van der Waals surface area contributed by atoms with Crippen LogP contribution < -0.4 is 16.6 Å². The van der Waals surface area contributed by atoms with Gasteiger partial charge < -0.3 is 20.0 Å². The van der Waals surface area contributed by atoms with E-state index in [4.69, 9.17) is 11.6 Å². The first-order valence-corrected chi connectivity index (χ1v) is 10.3. The van der Waals surface area contributed by atoms with Crippen molar-refractivity contribution in [3.63, 3.8) is 0 Å². The van der Waals surface area contributed by atoms with E-state index < -0.39 is 17.2 Å². The van der Waals surface area contributed by atoms with Crippen molar-refractivity contribution in [1.29, 1.82) is 0 Å². The van der Waals surface area contributed by atoms with Gasteiger partial charge in [0.15, 0.2) is 5.69 Å². The van der Waals surface area contributed by atoms with Crippen molar-refractivity contribution in [2.24, 2.45) is 5.92 Å². The Morgan fingerprint density at radius 3 is 2.71 bits per heavy atom. The molecule has 3 heterocycles. The Bertz CT molecular complexity index is 1460. The molecule has 4 aromatic rings. The fraction of sp³-hybridized carbons (Fsp3) is 0.227. The van der Waals surface area contributed by atoms with Gasteiger partial charge in [-0.15, -0.1) is 0 Å². The number of fused-ring (bicyclic) bond motifs is 2. The molecule has 0 bridgehead atoms. The third-order valence-electron chi connectivity index (χ3n) is 5.83. The van der Waals surface area contributed by atoms with E-state index in [2.05, 4.69) is 10.3 Å². The van der Waals surface area contributed by atoms with Crippen LogP contribution in [0, 0.1) is 5.92 Å². The first-order valence-electron chi connectivity index (χ1n) is 9.96. The number of hydrogen-bond donors (Lipinski definition) is 3. The van der Waals surface area contributed by atoms with Crippen LogP contribution in [0.2, 0.25) is 5.02 Å². The summed E-state index contributed by atoms with van der Waals surface area (Å²) in [5.41, 5.74) is -0.344. The topological polar surface area (TPSA) is 109 Å². The summed E-state index contributed by atoms with van der Waals surface area (Å²) in [4.78, 5) is 41.4. The molecule has 0 radical (unpaired) electrons. The minimum atomic E-state index is -1.22. The van der Waals surface area contributed by atoms with Crippen LogP contribution in [-0.4, -0.2) is 38.3 Å². The molecule has 0 spiro atoms. The highest BCUT2D eigenvalue weighted by atomic mass is 35.5. The van der Waals surface area contributed by atoms with Crippen LogP contribution in [0.3, 0.4) is 0 Å². The van der Waals surface area contributed by atoms with E-state index in [1.165, 1.54) is 0 Å². The zero-order valence-corrected chi connectivity index (χ0v) is 17.1. The number of carboxylic acids is 1. The van der Waals surface area contributed by atoms with Crippen LogP contribution in [0.25, 0.3) is 27.5 Å². The molecule has 1 aliphatic heterocycles. The zero-order valence-electron chi connectivity index (χ0n) is 16.4. The van der Waals surface area contributed by atoms with Crippen molar-refractivity contribution in [2.75, 3.05) is 13.1 Å². The van der Waals surface area contributed by atoms with E-state index in [1.54, 1.807) is 47.0 Å². The normalized spacial score (nSPS) is 16.4. The Morgan fingerprint density at radius 1 is 1.16 bits per heavy atom. The quantitative estimate of drug-likeness (QED) is 0.453. The number of rotatable bonds is 4. The minimum Gasteiger partial charge on any atom is -0.477 e. The Labute approximate surface area is 180 Å². The van der Waals surface area contributed by atoms with Gasteiger partial charge in [0, 0.05) is 17.0 Å².